The molecular formula is C17H15NO4. The number of hydrogen-bond donors (Lipinski definition) is 2. The molecule has 0 fully saturated rings. The Kier molecular flexibility index (Phi) is 3.47. The topological polar surface area (TPSA) is 71.8 Å². The van der Waals surface area contributed by atoms with Crippen molar-refractivity contribution in [2.24, 2.45) is 0 Å². The molecule has 0 aliphatic carbocycles. The van der Waals surface area contributed by atoms with Gasteiger partial charge in [-0.1, -0.05) is 6.07 Å². The molecule has 0 amide bonds. The Labute approximate surface area is 127 Å². The van der Waals surface area contributed by atoms with E-state index in [1.165, 1.54) is 14.2 Å². The van der Waals surface area contributed by atoms with Crippen molar-refractivity contribution in [1.82, 2.24) is 4.98 Å². The summed E-state index contributed by atoms with van der Waals surface area (Å²) in [7, 11) is 3.00. The zero-order chi connectivity index (χ0) is 15.7. The van der Waals surface area contributed by atoms with Crippen LogP contribution in [0, 0.1) is 0 Å². The zero-order valence-corrected chi connectivity index (χ0v) is 12.2. The number of rotatable bonds is 3. The largest absolute Gasteiger partial charge is 0.504 e. The number of phenols is 2. The van der Waals surface area contributed by atoms with Gasteiger partial charge in [-0.05, 0) is 35.2 Å². The minimum atomic E-state index is 0.0482. The van der Waals surface area contributed by atoms with Gasteiger partial charge in [0.05, 0.1) is 14.2 Å². The average Bonchev–Trinajstić information content (AvgIpc) is 2.55. The lowest BCUT2D eigenvalue weighted by atomic mass is 10.00. The van der Waals surface area contributed by atoms with Crippen LogP contribution in [0.5, 0.6) is 23.0 Å². The van der Waals surface area contributed by atoms with E-state index in [4.69, 9.17) is 9.47 Å². The summed E-state index contributed by atoms with van der Waals surface area (Å²) in [6.07, 6.45) is 3.27. The zero-order valence-electron chi connectivity index (χ0n) is 12.2. The van der Waals surface area contributed by atoms with Crippen LogP contribution in [0.15, 0.2) is 42.7 Å². The van der Waals surface area contributed by atoms with E-state index in [-0.39, 0.29) is 11.5 Å². The van der Waals surface area contributed by atoms with Crippen molar-refractivity contribution in [3.63, 3.8) is 0 Å². The molecule has 0 saturated heterocycles. The van der Waals surface area contributed by atoms with E-state index in [0.717, 1.165) is 16.5 Å². The molecule has 1 aromatic heterocycles. The number of aromatic hydroxyl groups is 2. The van der Waals surface area contributed by atoms with E-state index < -0.39 is 0 Å². The molecule has 0 aliphatic heterocycles. The summed E-state index contributed by atoms with van der Waals surface area (Å²) in [4.78, 5) is 4.17. The molecule has 3 rings (SSSR count). The first-order valence-electron chi connectivity index (χ1n) is 6.66. The standard InChI is InChI=1S/C17H15NO4/c1-21-15-5-3-10(7-14(15)19)12-8-18-9-13-11(12)4-6-16(22-2)17(13)20/h3-9,19-20H,1-2H3. The van der Waals surface area contributed by atoms with Gasteiger partial charge in [0.25, 0.3) is 0 Å². The summed E-state index contributed by atoms with van der Waals surface area (Å²) >= 11 is 0. The maximum atomic E-state index is 10.2. The molecule has 5 nitrogen and oxygen atoms in total. The summed E-state index contributed by atoms with van der Waals surface area (Å²) in [5, 5.41) is 21.6. The van der Waals surface area contributed by atoms with E-state index in [0.29, 0.717) is 16.9 Å². The molecule has 2 aromatic carbocycles. The summed E-state index contributed by atoms with van der Waals surface area (Å²) in [5.74, 6) is 0.896. The predicted molar refractivity (Wildman–Crippen MR) is 83.6 cm³/mol. The monoisotopic (exact) mass is 297 g/mol. The summed E-state index contributed by atoms with van der Waals surface area (Å²) in [5.41, 5.74) is 1.58. The molecule has 3 aromatic rings. The van der Waals surface area contributed by atoms with Crippen LogP contribution in [0.25, 0.3) is 21.9 Å². The molecule has 0 bridgehead atoms. The molecular weight excluding hydrogens is 282 g/mol. The second-order valence-corrected chi connectivity index (χ2v) is 4.79. The highest BCUT2D eigenvalue weighted by Gasteiger charge is 2.12. The average molecular weight is 297 g/mol. The molecule has 22 heavy (non-hydrogen) atoms. The van der Waals surface area contributed by atoms with Gasteiger partial charge in [-0.3, -0.25) is 4.98 Å². The van der Waals surface area contributed by atoms with Crippen molar-refractivity contribution in [2.45, 2.75) is 0 Å². The minimum Gasteiger partial charge on any atom is -0.504 e. The number of pyridine rings is 1. The van der Waals surface area contributed by atoms with Crippen LogP contribution in [0.1, 0.15) is 0 Å². The highest BCUT2D eigenvalue weighted by atomic mass is 16.5. The van der Waals surface area contributed by atoms with E-state index in [1.54, 1.807) is 30.6 Å². The summed E-state index contributed by atoms with van der Waals surface area (Å²) < 4.78 is 10.2. The maximum absolute atomic E-state index is 10.2. The lowest BCUT2D eigenvalue weighted by Gasteiger charge is -2.11. The number of methoxy groups -OCH3 is 2. The van der Waals surface area contributed by atoms with Crippen molar-refractivity contribution in [1.29, 1.82) is 0 Å². The minimum absolute atomic E-state index is 0.0482. The molecule has 5 heteroatoms. The second-order valence-electron chi connectivity index (χ2n) is 4.79. The maximum Gasteiger partial charge on any atom is 0.167 e. The quantitative estimate of drug-likeness (QED) is 0.776. The molecule has 0 saturated carbocycles. The molecule has 2 N–H and O–H groups in total. The van der Waals surface area contributed by atoms with Gasteiger partial charge in [0.15, 0.2) is 23.0 Å². The molecule has 0 unspecified atom stereocenters. The predicted octanol–water partition coefficient (Wildman–Crippen LogP) is 3.33. The normalized spacial score (nSPS) is 10.6. The van der Waals surface area contributed by atoms with Crippen molar-refractivity contribution in [3.05, 3.63) is 42.7 Å². The third-order valence-electron chi connectivity index (χ3n) is 3.59. The molecule has 0 atom stereocenters. The van der Waals surface area contributed by atoms with Crippen molar-refractivity contribution < 1.29 is 19.7 Å². The van der Waals surface area contributed by atoms with Gasteiger partial charge in [0, 0.05) is 23.3 Å². The molecule has 112 valence electrons. The number of phenolic OH excluding ortho intramolecular Hbond substituents is 2. The fourth-order valence-corrected chi connectivity index (χ4v) is 2.46. The Hall–Kier alpha value is -2.95. The first kappa shape index (κ1) is 14.0. The van der Waals surface area contributed by atoms with Gasteiger partial charge in [0.1, 0.15) is 0 Å². The lowest BCUT2D eigenvalue weighted by molar-refractivity contribution is 0.373. The van der Waals surface area contributed by atoms with Gasteiger partial charge in [-0.2, -0.15) is 0 Å². The number of nitrogens with zero attached hydrogens (tertiary/aromatic N) is 1. The van der Waals surface area contributed by atoms with E-state index in [1.807, 2.05) is 12.1 Å². The fraction of sp³-hybridized carbons (Fsp3) is 0.118. The van der Waals surface area contributed by atoms with Gasteiger partial charge in [-0.15, -0.1) is 0 Å². The molecule has 0 radical (unpaired) electrons. The first-order valence-corrected chi connectivity index (χ1v) is 6.66. The SMILES string of the molecule is COc1ccc(-c2cncc3c(O)c(OC)ccc23)cc1O. The van der Waals surface area contributed by atoms with Crippen LogP contribution in [-0.4, -0.2) is 29.4 Å². The highest BCUT2D eigenvalue weighted by molar-refractivity contribution is 6.00. The van der Waals surface area contributed by atoms with Crippen LogP contribution < -0.4 is 9.47 Å². The van der Waals surface area contributed by atoms with Crippen molar-refractivity contribution in [3.8, 4) is 34.1 Å². The van der Waals surface area contributed by atoms with Crippen LogP contribution in [0.4, 0.5) is 0 Å². The Bertz CT molecular complexity index is 845. The Morgan fingerprint density at radius 1 is 0.864 bits per heavy atom. The van der Waals surface area contributed by atoms with E-state index in [9.17, 15) is 10.2 Å². The van der Waals surface area contributed by atoms with Gasteiger partial charge >= 0.3 is 0 Å². The Balaban J connectivity index is 2.23. The molecule has 0 aliphatic rings. The number of aromatic nitrogens is 1. The van der Waals surface area contributed by atoms with Gasteiger partial charge in [0.2, 0.25) is 0 Å². The highest BCUT2D eigenvalue weighted by Crippen LogP contribution is 2.39. The van der Waals surface area contributed by atoms with E-state index >= 15 is 0 Å². The summed E-state index contributed by atoms with van der Waals surface area (Å²) in [6.45, 7) is 0. The number of ether oxygens (including phenoxy) is 2. The van der Waals surface area contributed by atoms with Gasteiger partial charge in [-0.25, -0.2) is 0 Å². The first-order chi connectivity index (χ1) is 10.7. The smallest absolute Gasteiger partial charge is 0.167 e. The van der Waals surface area contributed by atoms with Gasteiger partial charge < -0.3 is 19.7 Å². The van der Waals surface area contributed by atoms with Crippen LogP contribution in [0.3, 0.4) is 0 Å². The van der Waals surface area contributed by atoms with Crippen LogP contribution in [0.2, 0.25) is 0 Å². The number of benzene rings is 2. The van der Waals surface area contributed by atoms with Crippen molar-refractivity contribution >= 4 is 10.8 Å². The molecule has 1 heterocycles. The number of hydrogen-bond acceptors (Lipinski definition) is 5. The molecule has 0 spiro atoms. The fourth-order valence-electron chi connectivity index (χ4n) is 2.46. The second kappa shape index (κ2) is 5.44. The van der Waals surface area contributed by atoms with Crippen molar-refractivity contribution in [2.75, 3.05) is 14.2 Å². The Morgan fingerprint density at radius 3 is 2.27 bits per heavy atom. The Morgan fingerprint density at radius 2 is 1.59 bits per heavy atom. The van der Waals surface area contributed by atoms with E-state index in [2.05, 4.69) is 4.98 Å². The lowest BCUT2D eigenvalue weighted by Crippen LogP contribution is -1.89. The van der Waals surface area contributed by atoms with Crippen LogP contribution >= 0.6 is 0 Å². The summed E-state index contributed by atoms with van der Waals surface area (Å²) in [6, 6.07) is 8.68. The third kappa shape index (κ3) is 2.16. The third-order valence-corrected chi connectivity index (χ3v) is 3.59. The number of fused-ring (bicyclic) bond motifs is 1. The van der Waals surface area contributed by atoms with Crippen LogP contribution in [-0.2, 0) is 0 Å².